The molecular weight excluding hydrogens is 394 g/mol. The first kappa shape index (κ1) is 24.1. The molecule has 1 aromatic rings. The second-order valence-corrected chi connectivity index (χ2v) is 9.03. The van der Waals surface area contributed by atoms with Crippen LogP contribution in [0.4, 0.5) is 0 Å². The van der Waals surface area contributed by atoms with Crippen molar-refractivity contribution in [1.82, 2.24) is 14.7 Å². The lowest BCUT2D eigenvalue weighted by atomic mass is 9.97. The third-order valence-electron chi connectivity index (χ3n) is 6.90. The molecule has 7 heteroatoms. The number of hydrogen-bond acceptors (Lipinski definition) is 7. The molecule has 2 aliphatic rings. The van der Waals surface area contributed by atoms with Gasteiger partial charge in [0.25, 0.3) is 0 Å². The Hall–Kier alpha value is -1.54. The smallest absolute Gasteiger partial charge is 0.203 e. The Morgan fingerprint density at radius 3 is 2.13 bits per heavy atom. The van der Waals surface area contributed by atoms with Crippen LogP contribution >= 0.6 is 0 Å². The number of methoxy groups -OCH3 is 3. The number of benzene rings is 1. The average Bonchev–Trinajstić information content (AvgIpc) is 2.79. The minimum absolute atomic E-state index is 0.240. The Morgan fingerprint density at radius 1 is 0.968 bits per heavy atom. The Labute approximate surface area is 187 Å². The van der Waals surface area contributed by atoms with Crippen LogP contribution in [0.25, 0.3) is 0 Å². The van der Waals surface area contributed by atoms with Gasteiger partial charge in [0.05, 0.1) is 21.3 Å². The van der Waals surface area contributed by atoms with Crippen molar-refractivity contribution in [3.63, 3.8) is 0 Å². The summed E-state index contributed by atoms with van der Waals surface area (Å²) in [4.78, 5) is 7.75. The van der Waals surface area contributed by atoms with Crippen molar-refractivity contribution in [1.29, 1.82) is 0 Å². The predicted molar refractivity (Wildman–Crippen MR) is 123 cm³/mol. The van der Waals surface area contributed by atoms with Gasteiger partial charge in [-0.05, 0) is 63.9 Å². The van der Waals surface area contributed by atoms with Gasteiger partial charge in [-0.1, -0.05) is 0 Å². The molecule has 2 fully saturated rings. The molecule has 1 atom stereocenters. The largest absolute Gasteiger partial charge is 0.493 e. The van der Waals surface area contributed by atoms with Crippen molar-refractivity contribution in [2.24, 2.45) is 0 Å². The Morgan fingerprint density at radius 2 is 1.61 bits per heavy atom. The summed E-state index contributed by atoms with van der Waals surface area (Å²) in [5, 5.41) is 9.72. The lowest BCUT2D eigenvalue weighted by Gasteiger charge is -2.48. The lowest BCUT2D eigenvalue weighted by Crippen LogP contribution is -2.58. The number of aliphatic hydroxyl groups is 1. The van der Waals surface area contributed by atoms with Gasteiger partial charge in [-0.15, -0.1) is 0 Å². The Bertz CT molecular complexity index is 666. The molecule has 176 valence electrons. The molecule has 1 N–H and O–H groups in total. The van der Waals surface area contributed by atoms with E-state index in [-0.39, 0.29) is 6.61 Å². The van der Waals surface area contributed by atoms with Gasteiger partial charge in [0.15, 0.2) is 11.5 Å². The maximum atomic E-state index is 9.72. The highest BCUT2D eigenvalue weighted by Crippen LogP contribution is 2.38. The van der Waals surface area contributed by atoms with E-state index < -0.39 is 0 Å². The molecule has 0 aromatic heterocycles. The molecule has 2 heterocycles. The van der Waals surface area contributed by atoms with Crippen LogP contribution in [0.3, 0.4) is 0 Å². The zero-order valence-corrected chi connectivity index (χ0v) is 20.0. The van der Waals surface area contributed by atoms with E-state index in [4.69, 9.17) is 14.2 Å². The van der Waals surface area contributed by atoms with Crippen LogP contribution in [0.15, 0.2) is 12.1 Å². The maximum absolute atomic E-state index is 9.72. The maximum Gasteiger partial charge on any atom is 0.203 e. The average molecular weight is 436 g/mol. The second-order valence-electron chi connectivity index (χ2n) is 9.03. The van der Waals surface area contributed by atoms with Crippen molar-refractivity contribution in [2.75, 3.05) is 60.7 Å². The van der Waals surface area contributed by atoms with Gasteiger partial charge in [-0.3, -0.25) is 9.80 Å². The molecule has 0 amide bonds. The fraction of sp³-hybridized carbons (Fsp3) is 0.750. The summed E-state index contributed by atoms with van der Waals surface area (Å²) in [5.41, 5.74) is 1.15. The number of hydrogen-bond donors (Lipinski definition) is 1. The van der Waals surface area contributed by atoms with Crippen LogP contribution in [-0.2, 0) is 6.54 Å². The van der Waals surface area contributed by atoms with Gasteiger partial charge in [0, 0.05) is 50.9 Å². The van der Waals surface area contributed by atoms with Crippen LogP contribution in [0.1, 0.15) is 38.7 Å². The van der Waals surface area contributed by atoms with E-state index in [1.165, 1.54) is 25.9 Å². The van der Waals surface area contributed by atoms with Crippen molar-refractivity contribution >= 4 is 0 Å². The number of aliphatic hydroxyl groups excluding tert-OH is 1. The van der Waals surface area contributed by atoms with Gasteiger partial charge in [0.1, 0.15) is 0 Å². The molecule has 31 heavy (non-hydrogen) atoms. The van der Waals surface area contributed by atoms with Crippen molar-refractivity contribution < 1.29 is 19.3 Å². The third kappa shape index (κ3) is 5.83. The van der Waals surface area contributed by atoms with Crippen LogP contribution in [-0.4, -0.2) is 98.6 Å². The van der Waals surface area contributed by atoms with E-state index >= 15 is 0 Å². The fourth-order valence-electron chi connectivity index (χ4n) is 5.18. The Kier molecular flexibility index (Phi) is 8.84. The molecule has 0 spiro atoms. The van der Waals surface area contributed by atoms with Crippen LogP contribution < -0.4 is 14.2 Å². The zero-order valence-electron chi connectivity index (χ0n) is 20.0. The van der Waals surface area contributed by atoms with Crippen molar-refractivity contribution in [3.8, 4) is 17.2 Å². The van der Waals surface area contributed by atoms with Crippen LogP contribution in [0, 0.1) is 0 Å². The van der Waals surface area contributed by atoms with Crippen LogP contribution in [0.2, 0.25) is 0 Å². The van der Waals surface area contributed by atoms with E-state index in [0.29, 0.717) is 35.4 Å². The first-order chi connectivity index (χ1) is 15.0. The lowest BCUT2D eigenvalue weighted by molar-refractivity contribution is -0.0000557. The fourth-order valence-corrected chi connectivity index (χ4v) is 5.18. The number of piperazine rings is 1. The highest BCUT2D eigenvalue weighted by molar-refractivity contribution is 5.53. The molecule has 0 saturated carbocycles. The molecule has 1 aromatic carbocycles. The number of rotatable bonds is 9. The molecule has 2 aliphatic heterocycles. The SMILES string of the molecule is COc1cc(CN2CCN(C3CCN(C(C)C)CC3)C(CCO)C2)cc(OC)c1OC. The number of piperidine rings is 1. The summed E-state index contributed by atoms with van der Waals surface area (Å²) in [6.07, 6.45) is 3.29. The summed E-state index contributed by atoms with van der Waals surface area (Å²) >= 11 is 0. The third-order valence-corrected chi connectivity index (χ3v) is 6.90. The van der Waals surface area contributed by atoms with E-state index in [9.17, 15) is 5.11 Å². The van der Waals surface area contributed by atoms with E-state index in [1.54, 1.807) is 21.3 Å². The van der Waals surface area contributed by atoms with Gasteiger partial charge in [-0.25, -0.2) is 0 Å². The van der Waals surface area contributed by atoms with Gasteiger partial charge in [0.2, 0.25) is 5.75 Å². The number of nitrogens with zero attached hydrogens (tertiary/aromatic N) is 3. The van der Waals surface area contributed by atoms with Crippen LogP contribution in [0.5, 0.6) is 17.2 Å². The standard InChI is InChI=1S/C24H41N3O4/c1-18(2)26-9-6-20(7-10-26)27-12-11-25(17-21(27)8-13-28)16-19-14-22(29-3)24(31-5)23(15-19)30-4/h14-15,18,20-21,28H,6-13,16-17H2,1-5H3. The van der Waals surface area contributed by atoms with E-state index in [0.717, 1.165) is 38.2 Å². The second kappa shape index (κ2) is 11.4. The molecule has 3 rings (SSSR count). The minimum atomic E-state index is 0.240. The predicted octanol–water partition coefficient (Wildman–Crippen LogP) is 2.45. The monoisotopic (exact) mass is 435 g/mol. The van der Waals surface area contributed by atoms with Crippen molar-refractivity contribution in [3.05, 3.63) is 17.7 Å². The molecule has 7 nitrogen and oxygen atoms in total. The molecule has 0 bridgehead atoms. The summed E-state index contributed by atoms with van der Waals surface area (Å²) in [7, 11) is 4.94. The zero-order chi connectivity index (χ0) is 22.4. The summed E-state index contributed by atoms with van der Waals surface area (Å²) < 4.78 is 16.5. The first-order valence-corrected chi connectivity index (χ1v) is 11.6. The minimum Gasteiger partial charge on any atom is -0.493 e. The van der Waals surface area contributed by atoms with E-state index in [1.807, 2.05) is 12.1 Å². The highest BCUT2D eigenvalue weighted by atomic mass is 16.5. The molecular formula is C24H41N3O4. The summed E-state index contributed by atoms with van der Waals surface area (Å²) in [6, 6.07) is 5.74. The molecule has 0 aliphatic carbocycles. The van der Waals surface area contributed by atoms with Gasteiger partial charge in [-0.2, -0.15) is 0 Å². The summed E-state index contributed by atoms with van der Waals surface area (Å²) in [6.45, 7) is 11.1. The number of likely N-dealkylation sites (tertiary alicyclic amines) is 1. The molecule has 1 unspecified atom stereocenters. The topological polar surface area (TPSA) is 57.6 Å². The quantitative estimate of drug-likeness (QED) is 0.639. The summed E-state index contributed by atoms with van der Waals surface area (Å²) in [5.74, 6) is 2.02. The number of ether oxygens (including phenoxy) is 3. The van der Waals surface area contributed by atoms with Gasteiger partial charge >= 0.3 is 0 Å². The Balaban J connectivity index is 1.66. The van der Waals surface area contributed by atoms with E-state index in [2.05, 4.69) is 28.5 Å². The van der Waals surface area contributed by atoms with Crippen molar-refractivity contribution in [2.45, 2.75) is 57.8 Å². The first-order valence-electron chi connectivity index (χ1n) is 11.6. The molecule has 0 radical (unpaired) electrons. The molecule has 2 saturated heterocycles. The highest BCUT2D eigenvalue weighted by Gasteiger charge is 2.34. The van der Waals surface area contributed by atoms with Gasteiger partial charge < -0.3 is 24.2 Å². The normalized spacial score (nSPS) is 22.1.